The molecule has 0 bridgehead atoms. The van der Waals surface area contributed by atoms with Crippen molar-refractivity contribution in [3.05, 3.63) is 58.9 Å². The summed E-state index contributed by atoms with van der Waals surface area (Å²) in [5, 5.41) is 9.92. The lowest BCUT2D eigenvalue weighted by molar-refractivity contribution is -0.123. The first kappa shape index (κ1) is 32.2. The van der Waals surface area contributed by atoms with Crippen LogP contribution in [-0.4, -0.2) is 121 Å². The first-order valence-electron chi connectivity index (χ1n) is 15.1. The highest BCUT2D eigenvalue weighted by atomic mass is 19.1. The third-order valence-corrected chi connectivity index (χ3v) is 9.31. The highest BCUT2D eigenvalue weighted by Crippen LogP contribution is 2.41. The molecule has 5 rings (SSSR count). The summed E-state index contributed by atoms with van der Waals surface area (Å²) in [5.41, 5.74) is 1.86. The fourth-order valence-electron chi connectivity index (χ4n) is 6.82. The summed E-state index contributed by atoms with van der Waals surface area (Å²) in [7, 11) is 1.66. The van der Waals surface area contributed by atoms with E-state index in [2.05, 4.69) is 35.6 Å². The summed E-state index contributed by atoms with van der Waals surface area (Å²) in [6.07, 6.45) is 0.950. The third-order valence-electron chi connectivity index (χ3n) is 9.31. The Morgan fingerprint density at radius 3 is 2.66 bits per heavy atom. The molecule has 3 atom stereocenters. The van der Waals surface area contributed by atoms with E-state index in [-0.39, 0.29) is 48.5 Å². The summed E-state index contributed by atoms with van der Waals surface area (Å²) >= 11 is 0. The fraction of sp³-hybridized carbons (Fsp3) is 0.594. The second kappa shape index (κ2) is 12.7. The predicted octanol–water partition coefficient (Wildman–Crippen LogP) is 3.36. The van der Waals surface area contributed by atoms with Gasteiger partial charge in [-0.2, -0.15) is 0 Å². The Morgan fingerprint density at radius 2 is 1.95 bits per heavy atom. The van der Waals surface area contributed by atoms with Crippen LogP contribution in [0.5, 0.6) is 0 Å². The number of amides is 2. The van der Waals surface area contributed by atoms with Crippen LogP contribution < -0.4 is 4.90 Å². The number of rotatable bonds is 8. The van der Waals surface area contributed by atoms with Gasteiger partial charge in [0.25, 0.3) is 0 Å². The monoisotopic (exact) mass is 615 g/mol. The Morgan fingerprint density at radius 1 is 1.18 bits per heavy atom. The molecule has 4 heterocycles. The number of ether oxygens (including phenoxy) is 2. The van der Waals surface area contributed by atoms with Gasteiger partial charge in [-0.1, -0.05) is 19.9 Å². The Balaban J connectivity index is 1.38. The zero-order chi connectivity index (χ0) is 31.8. The number of hydrogen-bond donors (Lipinski definition) is 1. The number of morpholine rings is 1. The van der Waals surface area contributed by atoms with Crippen molar-refractivity contribution in [2.45, 2.75) is 57.2 Å². The number of piperazine rings is 1. The molecule has 1 aromatic carbocycles. The number of halogens is 2. The quantitative estimate of drug-likeness (QED) is 0.483. The molecule has 2 saturated heterocycles. The molecular weight excluding hydrogens is 572 g/mol. The first-order chi connectivity index (χ1) is 20.8. The number of fused-ring (bicyclic) bond motifs is 1. The van der Waals surface area contributed by atoms with Gasteiger partial charge >= 0.3 is 6.09 Å². The second-order valence-electron chi connectivity index (χ2n) is 13.3. The zero-order valence-corrected chi connectivity index (χ0v) is 26.2. The Labute approximate surface area is 257 Å². The van der Waals surface area contributed by atoms with Crippen LogP contribution in [0.2, 0.25) is 0 Å². The maximum absolute atomic E-state index is 14.4. The van der Waals surface area contributed by atoms with Gasteiger partial charge in [-0.3, -0.25) is 19.6 Å². The molecule has 10 nitrogen and oxygen atoms in total. The van der Waals surface area contributed by atoms with Crippen molar-refractivity contribution in [3.8, 4) is 0 Å². The van der Waals surface area contributed by atoms with Gasteiger partial charge in [-0.05, 0) is 31.5 Å². The number of aromatic nitrogens is 1. The van der Waals surface area contributed by atoms with E-state index in [0.717, 1.165) is 17.3 Å². The summed E-state index contributed by atoms with van der Waals surface area (Å²) in [5.74, 6) is -1.37. The van der Waals surface area contributed by atoms with Gasteiger partial charge in [-0.15, -0.1) is 0 Å². The molecule has 12 heteroatoms. The maximum Gasteiger partial charge on any atom is 0.407 e. The van der Waals surface area contributed by atoms with Crippen molar-refractivity contribution < 1.29 is 33.0 Å². The van der Waals surface area contributed by atoms with Crippen LogP contribution in [0, 0.1) is 11.6 Å². The molecule has 0 aliphatic carbocycles. The van der Waals surface area contributed by atoms with Crippen LogP contribution in [0.1, 0.15) is 44.5 Å². The molecule has 2 amide bonds. The minimum atomic E-state index is -0.969. The minimum absolute atomic E-state index is 0.0930. The lowest BCUT2D eigenvalue weighted by atomic mass is 9.88. The molecule has 3 aliphatic heterocycles. The number of benzene rings is 1. The molecule has 44 heavy (non-hydrogen) atoms. The lowest BCUT2D eigenvalue weighted by Crippen LogP contribution is -2.66. The number of carboxylic acid groups (broad SMARTS) is 1. The van der Waals surface area contributed by atoms with Gasteiger partial charge in [-0.25, -0.2) is 13.6 Å². The third kappa shape index (κ3) is 6.58. The molecule has 3 aliphatic rings. The molecule has 1 aromatic heterocycles. The van der Waals surface area contributed by atoms with E-state index >= 15 is 0 Å². The van der Waals surface area contributed by atoms with Crippen molar-refractivity contribution in [1.29, 1.82) is 0 Å². The molecular formula is C32H43F2N5O5. The van der Waals surface area contributed by atoms with Crippen LogP contribution in [-0.2, 0) is 26.1 Å². The first-order valence-corrected chi connectivity index (χ1v) is 15.1. The van der Waals surface area contributed by atoms with Gasteiger partial charge in [0.1, 0.15) is 11.6 Å². The normalized spacial score (nSPS) is 25.7. The number of pyridine rings is 1. The Hall–Kier alpha value is -3.19. The molecule has 0 spiro atoms. The van der Waals surface area contributed by atoms with E-state index in [0.29, 0.717) is 57.3 Å². The van der Waals surface area contributed by atoms with Crippen LogP contribution in [0.25, 0.3) is 0 Å². The van der Waals surface area contributed by atoms with Crippen molar-refractivity contribution in [2.75, 3.05) is 71.1 Å². The van der Waals surface area contributed by atoms with E-state index in [1.165, 1.54) is 17.0 Å². The standard InChI is InChI=1S/C32H43F2N5O5/c1-21-14-36(25(16-38(21)30(41)42)15-37-8-9-44-20-32(37,4)19-43-5)17-29(40)39-18-31(2,3)26-13-35-24(12-28(26)39)10-22-6-7-23(33)11-27(22)34/h6-7,11-13,21,25H,8-10,14-20H2,1-5H3,(H,41,42)/t21-,25+,32?/m1/s1. The van der Waals surface area contributed by atoms with Gasteiger partial charge in [0.2, 0.25) is 5.91 Å². The average molecular weight is 616 g/mol. The number of carbonyl (C=O) groups excluding carboxylic acids is 1. The minimum Gasteiger partial charge on any atom is -0.465 e. The summed E-state index contributed by atoms with van der Waals surface area (Å²) in [6, 6.07) is 4.83. The van der Waals surface area contributed by atoms with Crippen molar-refractivity contribution in [2.24, 2.45) is 0 Å². The van der Waals surface area contributed by atoms with Crippen LogP contribution in [0.3, 0.4) is 0 Å². The van der Waals surface area contributed by atoms with E-state index in [1.54, 1.807) is 18.2 Å². The topological polar surface area (TPSA) is 98.7 Å². The molecule has 2 aromatic rings. The second-order valence-corrected chi connectivity index (χ2v) is 13.3. The Kier molecular flexibility index (Phi) is 9.27. The summed E-state index contributed by atoms with van der Waals surface area (Å²) < 4.78 is 39.1. The average Bonchev–Trinajstić information content (AvgIpc) is 3.22. The highest BCUT2D eigenvalue weighted by Gasteiger charge is 2.43. The molecule has 240 valence electrons. The van der Waals surface area contributed by atoms with E-state index in [9.17, 15) is 23.5 Å². The number of hydrogen-bond acceptors (Lipinski definition) is 7. The lowest BCUT2D eigenvalue weighted by Gasteiger charge is -2.50. The van der Waals surface area contributed by atoms with E-state index in [1.807, 2.05) is 13.0 Å². The van der Waals surface area contributed by atoms with Gasteiger partial charge in [0.15, 0.2) is 0 Å². The van der Waals surface area contributed by atoms with Crippen molar-refractivity contribution in [3.63, 3.8) is 0 Å². The summed E-state index contributed by atoms with van der Waals surface area (Å²) in [6.45, 7) is 12.1. The van der Waals surface area contributed by atoms with Gasteiger partial charge in [0.05, 0.1) is 37.6 Å². The van der Waals surface area contributed by atoms with Gasteiger partial charge < -0.3 is 24.4 Å². The molecule has 1 N–H and O–H groups in total. The molecule has 0 radical (unpaired) electrons. The smallest absolute Gasteiger partial charge is 0.407 e. The zero-order valence-electron chi connectivity index (χ0n) is 26.2. The fourth-order valence-corrected chi connectivity index (χ4v) is 6.82. The number of anilines is 1. The van der Waals surface area contributed by atoms with E-state index in [4.69, 9.17) is 9.47 Å². The van der Waals surface area contributed by atoms with Crippen LogP contribution in [0.4, 0.5) is 19.3 Å². The molecule has 2 fully saturated rings. The number of nitrogens with zero attached hydrogens (tertiary/aromatic N) is 5. The number of carbonyl (C=O) groups is 2. The van der Waals surface area contributed by atoms with Crippen molar-refractivity contribution >= 4 is 17.7 Å². The molecule has 0 saturated carbocycles. The van der Waals surface area contributed by atoms with Crippen LogP contribution >= 0.6 is 0 Å². The molecule has 1 unspecified atom stereocenters. The predicted molar refractivity (Wildman–Crippen MR) is 161 cm³/mol. The maximum atomic E-state index is 14.4. The largest absolute Gasteiger partial charge is 0.465 e. The van der Waals surface area contributed by atoms with E-state index < -0.39 is 17.7 Å². The number of methoxy groups -OCH3 is 1. The Bertz CT molecular complexity index is 1390. The SMILES string of the molecule is COCC1(C)COCCN1C[C@H]1CN(C(=O)O)[C@H](C)CN1CC(=O)N1CC(C)(C)c2cnc(Cc3ccc(F)cc3F)cc21. The van der Waals surface area contributed by atoms with Gasteiger partial charge in [0, 0.05) is 87.3 Å². The highest BCUT2D eigenvalue weighted by molar-refractivity contribution is 5.97. The van der Waals surface area contributed by atoms with Crippen LogP contribution in [0.15, 0.2) is 30.5 Å². The summed E-state index contributed by atoms with van der Waals surface area (Å²) in [4.78, 5) is 38.4. The van der Waals surface area contributed by atoms with Crippen molar-refractivity contribution in [1.82, 2.24) is 19.7 Å².